The molecule has 0 aliphatic carbocycles. The maximum absolute atomic E-state index is 12.1. The minimum Gasteiger partial charge on any atom is -0.481 e. The van der Waals surface area contributed by atoms with Crippen LogP contribution < -0.4 is 5.73 Å². The number of nitrogens with two attached hydrogens (primary N) is 1. The largest absolute Gasteiger partial charge is 0.481 e. The molecule has 0 spiro atoms. The van der Waals surface area contributed by atoms with E-state index < -0.39 is 18.0 Å². The number of carboxylic acid groups (broad SMARTS) is 2. The lowest BCUT2D eigenvalue weighted by molar-refractivity contribution is -0.138. The number of aliphatic carboxylic acids is 2. The van der Waals surface area contributed by atoms with Gasteiger partial charge in [-0.25, -0.2) is 0 Å². The number of hydrogen-bond acceptors (Lipinski definition) is 4. The molecule has 1 saturated heterocycles. The number of likely N-dealkylation sites (tertiary alicyclic amines) is 1. The van der Waals surface area contributed by atoms with Gasteiger partial charge in [-0.1, -0.05) is 0 Å². The van der Waals surface area contributed by atoms with Gasteiger partial charge in [0.15, 0.2) is 0 Å². The predicted octanol–water partition coefficient (Wildman–Crippen LogP) is 0.282. The normalized spacial score (nSPS) is 20.4. The number of carbonyl (C=O) groups is 3. The van der Waals surface area contributed by atoms with Gasteiger partial charge in [-0.2, -0.15) is 0 Å². The van der Waals surface area contributed by atoms with Crippen LogP contribution in [-0.2, 0) is 14.4 Å². The quantitative estimate of drug-likeness (QED) is 0.618. The summed E-state index contributed by atoms with van der Waals surface area (Å²) in [4.78, 5) is 34.8. The second kappa shape index (κ2) is 7.84. The van der Waals surface area contributed by atoms with Crippen LogP contribution in [-0.4, -0.2) is 52.1 Å². The van der Waals surface area contributed by atoms with Crippen molar-refractivity contribution in [1.29, 1.82) is 0 Å². The summed E-state index contributed by atoms with van der Waals surface area (Å²) in [6, 6.07) is -0.788. The van der Waals surface area contributed by atoms with E-state index in [-0.39, 0.29) is 31.1 Å². The molecule has 1 aliphatic rings. The zero-order chi connectivity index (χ0) is 15.1. The molecule has 0 aromatic carbocycles. The monoisotopic (exact) mass is 286 g/mol. The molecular weight excluding hydrogens is 264 g/mol. The summed E-state index contributed by atoms with van der Waals surface area (Å²) in [7, 11) is 0. The number of amides is 1. The second-order valence-corrected chi connectivity index (χ2v) is 5.26. The van der Waals surface area contributed by atoms with Crippen LogP contribution in [0.2, 0.25) is 0 Å². The summed E-state index contributed by atoms with van der Waals surface area (Å²) in [5.41, 5.74) is 5.72. The van der Waals surface area contributed by atoms with Crippen molar-refractivity contribution in [2.24, 2.45) is 11.7 Å². The fourth-order valence-corrected chi connectivity index (χ4v) is 2.47. The van der Waals surface area contributed by atoms with Crippen LogP contribution in [0.3, 0.4) is 0 Å². The predicted molar refractivity (Wildman–Crippen MR) is 71.0 cm³/mol. The maximum Gasteiger partial charge on any atom is 0.303 e. The Hall–Kier alpha value is -1.63. The molecule has 0 radical (unpaired) electrons. The van der Waals surface area contributed by atoms with E-state index in [4.69, 9.17) is 15.9 Å². The molecule has 1 fully saturated rings. The van der Waals surface area contributed by atoms with Crippen LogP contribution in [0.1, 0.15) is 38.5 Å². The van der Waals surface area contributed by atoms with E-state index in [1.54, 1.807) is 4.90 Å². The molecule has 1 aliphatic heterocycles. The van der Waals surface area contributed by atoms with Crippen molar-refractivity contribution < 1.29 is 24.6 Å². The second-order valence-electron chi connectivity index (χ2n) is 5.26. The van der Waals surface area contributed by atoms with Gasteiger partial charge < -0.3 is 20.8 Å². The molecule has 1 amide bonds. The molecule has 114 valence electrons. The number of carboxylic acids is 2. The SMILES string of the molecule is NC(CCC(=O)O)C(=O)N1CCCC(CCC(=O)O)C1. The molecule has 2 unspecified atom stereocenters. The average Bonchev–Trinajstić information content (AvgIpc) is 2.42. The van der Waals surface area contributed by atoms with Gasteiger partial charge in [0.2, 0.25) is 5.91 Å². The Labute approximate surface area is 117 Å². The van der Waals surface area contributed by atoms with E-state index in [2.05, 4.69) is 0 Å². The molecule has 0 saturated carbocycles. The van der Waals surface area contributed by atoms with Gasteiger partial charge in [0.25, 0.3) is 0 Å². The Morgan fingerprint density at radius 1 is 1.20 bits per heavy atom. The van der Waals surface area contributed by atoms with E-state index in [1.807, 2.05) is 0 Å². The topological polar surface area (TPSA) is 121 Å². The molecule has 0 aromatic heterocycles. The molecule has 2 atom stereocenters. The molecule has 0 bridgehead atoms. The first-order chi connectivity index (χ1) is 9.40. The number of carbonyl (C=O) groups excluding carboxylic acids is 1. The fourth-order valence-electron chi connectivity index (χ4n) is 2.47. The maximum atomic E-state index is 12.1. The third-order valence-corrected chi connectivity index (χ3v) is 3.58. The van der Waals surface area contributed by atoms with Crippen molar-refractivity contribution >= 4 is 17.8 Å². The molecule has 7 heteroatoms. The fraction of sp³-hybridized carbons (Fsp3) is 0.769. The van der Waals surface area contributed by atoms with Gasteiger partial charge in [0, 0.05) is 25.9 Å². The smallest absolute Gasteiger partial charge is 0.303 e. The standard InChI is InChI=1S/C13H22N2O5/c14-10(4-6-12(18)19)13(20)15-7-1-2-9(8-15)3-5-11(16)17/h9-10H,1-8,14H2,(H,16,17)(H,18,19). The average molecular weight is 286 g/mol. The van der Waals surface area contributed by atoms with Crippen molar-refractivity contribution in [3.63, 3.8) is 0 Å². The lowest BCUT2D eigenvalue weighted by atomic mass is 9.93. The highest BCUT2D eigenvalue weighted by atomic mass is 16.4. The number of rotatable bonds is 7. The van der Waals surface area contributed by atoms with Crippen LogP contribution in [0.4, 0.5) is 0 Å². The van der Waals surface area contributed by atoms with Crippen LogP contribution >= 0.6 is 0 Å². The van der Waals surface area contributed by atoms with Gasteiger partial charge in [-0.3, -0.25) is 14.4 Å². The minimum atomic E-state index is -0.966. The first kappa shape index (κ1) is 16.4. The number of piperidine rings is 1. The number of hydrogen-bond donors (Lipinski definition) is 3. The third-order valence-electron chi connectivity index (χ3n) is 3.58. The summed E-state index contributed by atoms with van der Waals surface area (Å²) in [6.45, 7) is 1.13. The van der Waals surface area contributed by atoms with Gasteiger partial charge in [-0.05, 0) is 31.6 Å². The zero-order valence-electron chi connectivity index (χ0n) is 11.5. The Kier molecular flexibility index (Phi) is 6.44. The van der Waals surface area contributed by atoms with Crippen molar-refractivity contribution in [1.82, 2.24) is 4.90 Å². The summed E-state index contributed by atoms with van der Waals surface area (Å²) in [5.74, 6) is -1.83. The van der Waals surface area contributed by atoms with Gasteiger partial charge in [-0.15, -0.1) is 0 Å². The molecule has 4 N–H and O–H groups in total. The molecule has 1 heterocycles. The zero-order valence-corrected chi connectivity index (χ0v) is 11.5. The van der Waals surface area contributed by atoms with Crippen molar-refractivity contribution in [2.45, 2.75) is 44.6 Å². The van der Waals surface area contributed by atoms with Gasteiger partial charge in [0.05, 0.1) is 6.04 Å². The Bertz CT molecular complexity index is 372. The highest BCUT2D eigenvalue weighted by Gasteiger charge is 2.27. The number of nitrogens with zero attached hydrogens (tertiary/aromatic N) is 1. The van der Waals surface area contributed by atoms with Gasteiger partial charge in [0.1, 0.15) is 0 Å². The van der Waals surface area contributed by atoms with E-state index >= 15 is 0 Å². The molecular formula is C13H22N2O5. The van der Waals surface area contributed by atoms with Crippen LogP contribution in [0, 0.1) is 5.92 Å². The van der Waals surface area contributed by atoms with E-state index in [0.29, 0.717) is 19.5 Å². The van der Waals surface area contributed by atoms with Crippen molar-refractivity contribution in [3.05, 3.63) is 0 Å². The van der Waals surface area contributed by atoms with Crippen LogP contribution in [0.25, 0.3) is 0 Å². The first-order valence-corrected chi connectivity index (χ1v) is 6.88. The van der Waals surface area contributed by atoms with Gasteiger partial charge >= 0.3 is 11.9 Å². The van der Waals surface area contributed by atoms with E-state index in [1.165, 1.54) is 0 Å². The van der Waals surface area contributed by atoms with E-state index in [0.717, 1.165) is 12.8 Å². The highest BCUT2D eigenvalue weighted by molar-refractivity contribution is 5.82. The minimum absolute atomic E-state index is 0.109. The van der Waals surface area contributed by atoms with Crippen LogP contribution in [0.5, 0.6) is 0 Å². The molecule has 1 rings (SSSR count). The lowest BCUT2D eigenvalue weighted by Crippen LogP contribution is -2.48. The first-order valence-electron chi connectivity index (χ1n) is 6.88. The van der Waals surface area contributed by atoms with Crippen LogP contribution in [0.15, 0.2) is 0 Å². The lowest BCUT2D eigenvalue weighted by Gasteiger charge is -2.34. The van der Waals surface area contributed by atoms with Crippen molar-refractivity contribution in [3.8, 4) is 0 Å². The third kappa shape index (κ3) is 5.56. The molecule has 7 nitrogen and oxygen atoms in total. The molecule has 20 heavy (non-hydrogen) atoms. The summed E-state index contributed by atoms with van der Waals surface area (Å²) in [5, 5.41) is 17.3. The summed E-state index contributed by atoms with van der Waals surface area (Å²) in [6.07, 6.45) is 2.43. The van der Waals surface area contributed by atoms with Crippen molar-refractivity contribution in [2.75, 3.05) is 13.1 Å². The Morgan fingerprint density at radius 3 is 2.45 bits per heavy atom. The molecule has 0 aromatic rings. The summed E-state index contributed by atoms with van der Waals surface area (Å²) < 4.78 is 0. The Morgan fingerprint density at radius 2 is 1.85 bits per heavy atom. The summed E-state index contributed by atoms with van der Waals surface area (Å²) >= 11 is 0. The highest BCUT2D eigenvalue weighted by Crippen LogP contribution is 2.21. The Balaban J connectivity index is 2.42. The van der Waals surface area contributed by atoms with E-state index in [9.17, 15) is 14.4 Å².